The molecular weight excluding hydrogens is 685 g/mol. The third-order valence-corrected chi connectivity index (χ3v) is 10.9. The van der Waals surface area contributed by atoms with Gasteiger partial charge in [0.25, 0.3) is 0 Å². The summed E-state index contributed by atoms with van der Waals surface area (Å²) in [7, 11) is 0. The highest BCUT2D eigenvalue weighted by Gasteiger charge is 2.21. The number of amidine groups is 2. The smallest absolute Gasteiger partial charge is 0.159 e. The Bertz CT molecular complexity index is 3160. The minimum absolute atomic E-state index is 0.257. The van der Waals surface area contributed by atoms with Gasteiger partial charge in [0.1, 0.15) is 23.2 Å². The Morgan fingerprint density at radius 3 is 1.89 bits per heavy atom. The van der Waals surface area contributed by atoms with Crippen LogP contribution in [0.5, 0.6) is 0 Å². The van der Waals surface area contributed by atoms with Gasteiger partial charge in [-0.3, -0.25) is 0 Å². The van der Waals surface area contributed by atoms with Crippen molar-refractivity contribution in [2.45, 2.75) is 6.17 Å². The molecule has 11 rings (SSSR count). The molecule has 8 aromatic carbocycles. The highest BCUT2D eigenvalue weighted by atomic mass is 16.3. The second-order valence-electron chi connectivity index (χ2n) is 14.3. The first-order valence-corrected chi connectivity index (χ1v) is 18.9. The van der Waals surface area contributed by atoms with Crippen LogP contribution in [0.4, 0.5) is 0 Å². The molecule has 0 fully saturated rings. The lowest BCUT2D eigenvalue weighted by molar-refractivity contribution is 0.669. The number of aliphatic imine (C=N–C) groups is 2. The Labute approximate surface area is 323 Å². The van der Waals surface area contributed by atoms with Crippen molar-refractivity contribution < 1.29 is 4.42 Å². The number of benzene rings is 8. The topological polar surface area (TPSA) is 54.8 Å². The highest BCUT2D eigenvalue weighted by Crippen LogP contribution is 2.38. The maximum atomic E-state index is 6.55. The fourth-order valence-corrected chi connectivity index (χ4v) is 8.11. The van der Waals surface area contributed by atoms with Crippen LogP contribution in [0.1, 0.15) is 22.9 Å². The molecule has 0 amide bonds. The van der Waals surface area contributed by atoms with E-state index >= 15 is 0 Å². The fourth-order valence-electron chi connectivity index (χ4n) is 8.11. The molecule has 10 aromatic rings. The number of furan rings is 1. The number of para-hydroxylation sites is 1. The van der Waals surface area contributed by atoms with E-state index in [4.69, 9.17) is 14.4 Å². The standard InChI is InChI=1S/C51H34N4O/c1-4-13-33(14-5-1)37-23-26-42-41-21-10-11-22-45(41)55(46(42)30-37)40-25-28-47-44(32-40)43-27-24-38(31-48(43)56-47)36-19-12-20-39(29-36)51-53-49(34-15-6-2-7-16-34)52-50(54-51)35-17-8-3-9-18-35/h1-32,49H,(H,52,53,54). The lowest BCUT2D eigenvalue weighted by atomic mass is 10.0. The molecule has 1 N–H and O–H groups in total. The lowest BCUT2D eigenvalue weighted by Crippen LogP contribution is -2.33. The highest BCUT2D eigenvalue weighted by molar-refractivity contribution is 6.14. The van der Waals surface area contributed by atoms with Gasteiger partial charge >= 0.3 is 0 Å². The maximum absolute atomic E-state index is 6.55. The summed E-state index contributed by atoms with van der Waals surface area (Å²) in [5, 5.41) is 8.19. The van der Waals surface area contributed by atoms with E-state index in [1.54, 1.807) is 0 Å². The first-order chi connectivity index (χ1) is 27.7. The summed E-state index contributed by atoms with van der Waals surface area (Å²) >= 11 is 0. The van der Waals surface area contributed by atoms with Gasteiger partial charge in [-0.15, -0.1) is 0 Å². The van der Waals surface area contributed by atoms with E-state index in [-0.39, 0.29) is 6.17 Å². The van der Waals surface area contributed by atoms with Crippen molar-refractivity contribution in [2.24, 2.45) is 9.98 Å². The molecule has 1 atom stereocenters. The summed E-state index contributed by atoms with van der Waals surface area (Å²) in [5.74, 6) is 1.49. The van der Waals surface area contributed by atoms with Crippen LogP contribution in [0.2, 0.25) is 0 Å². The molecule has 0 saturated carbocycles. The summed E-state index contributed by atoms with van der Waals surface area (Å²) in [6.07, 6.45) is -0.257. The Morgan fingerprint density at radius 2 is 1.07 bits per heavy atom. The zero-order valence-electron chi connectivity index (χ0n) is 30.3. The molecule has 0 spiro atoms. The molecule has 5 heteroatoms. The van der Waals surface area contributed by atoms with Crippen LogP contribution in [0.3, 0.4) is 0 Å². The van der Waals surface area contributed by atoms with Crippen LogP contribution in [0, 0.1) is 0 Å². The van der Waals surface area contributed by atoms with Gasteiger partial charge in [-0.2, -0.15) is 0 Å². The molecule has 0 saturated heterocycles. The molecule has 0 bridgehead atoms. The Balaban J connectivity index is 0.986. The van der Waals surface area contributed by atoms with Gasteiger partial charge < -0.3 is 14.3 Å². The molecule has 3 heterocycles. The largest absolute Gasteiger partial charge is 0.456 e. The van der Waals surface area contributed by atoms with E-state index in [1.165, 1.54) is 32.9 Å². The summed E-state index contributed by atoms with van der Waals surface area (Å²) < 4.78 is 8.93. The van der Waals surface area contributed by atoms with Crippen LogP contribution in [-0.2, 0) is 0 Å². The van der Waals surface area contributed by atoms with E-state index < -0.39 is 0 Å². The van der Waals surface area contributed by atoms with Crippen molar-refractivity contribution in [2.75, 3.05) is 0 Å². The number of nitrogens with zero attached hydrogens (tertiary/aromatic N) is 3. The molecule has 264 valence electrons. The molecule has 5 nitrogen and oxygen atoms in total. The fraction of sp³-hybridized carbons (Fsp3) is 0.0196. The van der Waals surface area contributed by atoms with Gasteiger partial charge in [-0.25, -0.2) is 9.98 Å². The number of rotatable bonds is 6. The van der Waals surface area contributed by atoms with Crippen molar-refractivity contribution >= 4 is 55.4 Å². The van der Waals surface area contributed by atoms with Crippen molar-refractivity contribution in [3.05, 3.63) is 211 Å². The average Bonchev–Trinajstić information content (AvgIpc) is 3.81. The van der Waals surface area contributed by atoms with Gasteiger partial charge in [-0.1, -0.05) is 146 Å². The van der Waals surface area contributed by atoms with E-state index in [1.807, 2.05) is 36.4 Å². The van der Waals surface area contributed by atoms with Crippen LogP contribution >= 0.6 is 0 Å². The Hall–Kier alpha value is -7.50. The van der Waals surface area contributed by atoms with E-state index in [9.17, 15) is 0 Å². The number of nitrogens with one attached hydrogen (secondary N) is 1. The van der Waals surface area contributed by atoms with Gasteiger partial charge in [0.15, 0.2) is 5.84 Å². The monoisotopic (exact) mass is 718 g/mol. The molecule has 1 aliphatic rings. The number of aromatic nitrogens is 1. The van der Waals surface area contributed by atoms with Gasteiger partial charge in [-0.05, 0) is 76.3 Å². The summed E-state index contributed by atoms with van der Waals surface area (Å²) in [6.45, 7) is 0. The predicted molar refractivity (Wildman–Crippen MR) is 231 cm³/mol. The first-order valence-electron chi connectivity index (χ1n) is 18.9. The van der Waals surface area contributed by atoms with Crippen LogP contribution < -0.4 is 5.32 Å². The minimum atomic E-state index is -0.257. The zero-order chi connectivity index (χ0) is 37.0. The quantitative estimate of drug-likeness (QED) is 0.186. The normalized spacial score (nSPS) is 14.2. The van der Waals surface area contributed by atoms with Crippen LogP contribution in [0.15, 0.2) is 209 Å². The number of hydrogen-bond donors (Lipinski definition) is 1. The van der Waals surface area contributed by atoms with Crippen LogP contribution in [0.25, 0.3) is 71.7 Å². The molecule has 1 aliphatic heterocycles. The van der Waals surface area contributed by atoms with Crippen molar-refractivity contribution in [3.8, 4) is 27.9 Å². The van der Waals surface area contributed by atoms with Crippen LogP contribution in [-0.4, -0.2) is 16.2 Å². The Kier molecular flexibility index (Phi) is 7.49. The predicted octanol–water partition coefficient (Wildman–Crippen LogP) is 12.5. The third-order valence-electron chi connectivity index (χ3n) is 10.9. The lowest BCUT2D eigenvalue weighted by Gasteiger charge is -2.23. The van der Waals surface area contributed by atoms with E-state index in [0.717, 1.165) is 61.3 Å². The van der Waals surface area contributed by atoms with Crippen molar-refractivity contribution in [3.63, 3.8) is 0 Å². The van der Waals surface area contributed by atoms with Crippen molar-refractivity contribution in [1.82, 2.24) is 9.88 Å². The second-order valence-corrected chi connectivity index (χ2v) is 14.3. The van der Waals surface area contributed by atoms with Gasteiger partial charge in [0, 0.05) is 38.4 Å². The molecular formula is C51H34N4O. The number of hydrogen-bond acceptors (Lipinski definition) is 4. The summed E-state index contributed by atoms with van der Waals surface area (Å²) in [4.78, 5) is 10.1. The van der Waals surface area contributed by atoms with Gasteiger partial charge in [0.05, 0.1) is 11.0 Å². The second kappa shape index (κ2) is 13.1. The molecule has 2 aromatic heterocycles. The van der Waals surface area contributed by atoms with E-state index in [0.29, 0.717) is 5.84 Å². The number of fused-ring (bicyclic) bond motifs is 6. The SMILES string of the molecule is c1ccc(C2=NC(c3cccc(-c4ccc5c(c4)oc4ccc(-n6c7ccccc7c7ccc(-c8ccccc8)cc76)cc45)c3)=NC(c3ccccc3)N2)cc1. The van der Waals surface area contributed by atoms with Crippen molar-refractivity contribution in [1.29, 1.82) is 0 Å². The summed E-state index contributed by atoms with van der Waals surface area (Å²) in [5.41, 5.74) is 12.7. The molecule has 0 radical (unpaired) electrons. The van der Waals surface area contributed by atoms with E-state index in [2.05, 4.69) is 168 Å². The minimum Gasteiger partial charge on any atom is -0.456 e. The Morgan fingerprint density at radius 1 is 0.429 bits per heavy atom. The maximum Gasteiger partial charge on any atom is 0.159 e. The van der Waals surface area contributed by atoms with Gasteiger partial charge in [0.2, 0.25) is 0 Å². The molecule has 56 heavy (non-hydrogen) atoms. The third kappa shape index (κ3) is 5.48. The zero-order valence-corrected chi connectivity index (χ0v) is 30.3. The average molecular weight is 719 g/mol. The summed E-state index contributed by atoms with van der Waals surface area (Å²) in [6, 6.07) is 68.1. The first kappa shape index (κ1) is 32.0. The molecule has 1 unspecified atom stereocenters. The molecule has 0 aliphatic carbocycles.